The molecule has 2 aromatic heterocycles. The van der Waals surface area contributed by atoms with E-state index >= 15 is 0 Å². The molecule has 0 unspecified atom stereocenters. The van der Waals surface area contributed by atoms with Crippen LogP contribution in [0.4, 0.5) is 14.5 Å². The van der Waals surface area contributed by atoms with Gasteiger partial charge in [0.15, 0.2) is 5.43 Å². The summed E-state index contributed by atoms with van der Waals surface area (Å²) in [4.78, 5) is 21.2. The zero-order valence-electron chi connectivity index (χ0n) is 19.2. The predicted octanol–water partition coefficient (Wildman–Crippen LogP) is 4.44. The molecular formula is C25H25F2N5O2. The van der Waals surface area contributed by atoms with Crippen LogP contribution in [0.25, 0.3) is 32.8 Å². The third-order valence-electron chi connectivity index (χ3n) is 6.53. The Morgan fingerprint density at radius 1 is 1.09 bits per heavy atom. The number of nitrogens with zero attached hydrogens (tertiary/aromatic N) is 4. The van der Waals surface area contributed by atoms with Crippen molar-refractivity contribution in [2.45, 2.75) is 26.5 Å². The molecule has 5 rings (SSSR count). The molecule has 7 nitrogen and oxygen atoms in total. The Bertz CT molecular complexity index is 1510. The number of rotatable bonds is 4. The number of likely N-dealkylation sites (N-methyl/N-ethyl adjacent to an activating group) is 1. The molecule has 34 heavy (non-hydrogen) atoms. The Morgan fingerprint density at radius 3 is 2.47 bits per heavy atom. The van der Waals surface area contributed by atoms with Gasteiger partial charge in [-0.25, -0.2) is 0 Å². The fraction of sp³-hybridized carbons (Fsp3) is 0.360. The zero-order valence-corrected chi connectivity index (χ0v) is 19.2. The fourth-order valence-electron chi connectivity index (χ4n) is 4.88. The molecule has 3 heterocycles. The van der Waals surface area contributed by atoms with Gasteiger partial charge in [-0.1, -0.05) is 6.07 Å². The molecule has 4 aromatic rings. The molecule has 1 aliphatic heterocycles. The van der Waals surface area contributed by atoms with Crippen LogP contribution in [0.5, 0.6) is 5.75 Å². The Balaban J connectivity index is 1.86. The number of ether oxygens (including phenoxy) is 1. The predicted molar refractivity (Wildman–Crippen MR) is 129 cm³/mol. The van der Waals surface area contributed by atoms with Crippen molar-refractivity contribution in [3.8, 4) is 11.8 Å². The molecule has 0 amide bonds. The largest absolute Gasteiger partial charge is 0.433 e. The number of aromatic nitrogens is 2. The highest BCUT2D eigenvalue weighted by atomic mass is 19.3. The Labute approximate surface area is 194 Å². The number of nitrogens with one attached hydrogen (secondary N) is 1. The number of benzene rings is 2. The number of fused-ring (bicyclic) bond motifs is 4. The van der Waals surface area contributed by atoms with Gasteiger partial charge in [0.2, 0.25) is 0 Å². The minimum atomic E-state index is -3.00. The topological polar surface area (TPSA) is 77.3 Å². The van der Waals surface area contributed by atoms with Gasteiger partial charge in [0.05, 0.1) is 33.6 Å². The minimum absolute atomic E-state index is 0.00502. The van der Waals surface area contributed by atoms with Crippen LogP contribution >= 0.6 is 0 Å². The number of nitriles is 1. The fourth-order valence-corrected chi connectivity index (χ4v) is 4.88. The lowest BCUT2D eigenvalue weighted by molar-refractivity contribution is -0.0494. The normalized spacial score (nSPS) is 15.2. The average Bonchev–Trinajstić information content (AvgIpc) is 3.17. The summed E-state index contributed by atoms with van der Waals surface area (Å²) in [5, 5.41) is 10.8. The van der Waals surface area contributed by atoms with Crippen LogP contribution in [0.3, 0.4) is 0 Å². The third kappa shape index (κ3) is 3.55. The van der Waals surface area contributed by atoms with Gasteiger partial charge in [0.25, 0.3) is 0 Å². The summed E-state index contributed by atoms with van der Waals surface area (Å²) in [5.74, 6) is 0.00502. The lowest BCUT2D eigenvalue weighted by atomic mass is 10.1. The van der Waals surface area contributed by atoms with Crippen molar-refractivity contribution in [3.63, 3.8) is 0 Å². The highest BCUT2D eigenvalue weighted by Crippen LogP contribution is 2.37. The van der Waals surface area contributed by atoms with Crippen LogP contribution in [0, 0.1) is 11.3 Å². The molecule has 2 aromatic carbocycles. The highest BCUT2D eigenvalue weighted by molar-refractivity contribution is 6.10. The van der Waals surface area contributed by atoms with Crippen molar-refractivity contribution in [1.29, 1.82) is 5.26 Å². The monoisotopic (exact) mass is 465 g/mol. The first-order chi connectivity index (χ1) is 16.3. The lowest BCUT2D eigenvalue weighted by Gasteiger charge is -2.35. The van der Waals surface area contributed by atoms with Crippen LogP contribution in [-0.2, 0) is 0 Å². The molecule has 0 atom stereocenters. The lowest BCUT2D eigenvalue weighted by Crippen LogP contribution is -2.44. The van der Waals surface area contributed by atoms with E-state index in [2.05, 4.69) is 16.0 Å². The smallest absolute Gasteiger partial charge is 0.387 e. The van der Waals surface area contributed by atoms with Crippen molar-refractivity contribution in [1.82, 2.24) is 14.5 Å². The summed E-state index contributed by atoms with van der Waals surface area (Å²) in [6.07, 6.45) is 0. The Morgan fingerprint density at radius 2 is 1.82 bits per heavy atom. The van der Waals surface area contributed by atoms with Gasteiger partial charge >= 0.3 is 6.61 Å². The third-order valence-corrected chi connectivity index (χ3v) is 6.53. The first-order valence-electron chi connectivity index (χ1n) is 11.2. The first kappa shape index (κ1) is 22.2. The Kier molecular flexibility index (Phi) is 5.41. The van der Waals surface area contributed by atoms with Gasteiger partial charge < -0.3 is 24.1 Å². The second kappa shape index (κ2) is 8.29. The summed E-state index contributed by atoms with van der Waals surface area (Å²) in [6.45, 7) is 3.94. The Hall–Kier alpha value is -3.64. The molecular weight excluding hydrogens is 440 g/mol. The highest BCUT2D eigenvalue weighted by Gasteiger charge is 2.24. The summed E-state index contributed by atoms with van der Waals surface area (Å²) < 4.78 is 33.7. The number of aromatic amines is 1. The summed E-state index contributed by atoms with van der Waals surface area (Å²) in [7, 11) is 2.02. The van der Waals surface area contributed by atoms with E-state index in [-0.39, 0.29) is 17.2 Å². The number of hydrogen-bond donors (Lipinski definition) is 1. The maximum absolute atomic E-state index is 13.7. The second-order valence-corrected chi connectivity index (χ2v) is 9.02. The number of anilines is 1. The SMILES string of the molecule is CC(C)n1c2cc(N3CCN(C)CC3)c(OC(F)F)cc2c(=O)c2c3ccc(C#N)cc3[nH]c21. The van der Waals surface area contributed by atoms with Gasteiger partial charge in [-0.05, 0) is 45.2 Å². The van der Waals surface area contributed by atoms with Crippen LogP contribution in [0.1, 0.15) is 25.5 Å². The van der Waals surface area contributed by atoms with Crippen molar-refractivity contribution in [2.24, 2.45) is 0 Å². The molecule has 9 heteroatoms. The molecule has 0 spiro atoms. The molecule has 0 bridgehead atoms. The molecule has 1 aliphatic rings. The van der Waals surface area contributed by atoms with Crippen LogP contribution in [-0.4, -0.2) is 54.3 Å². The minimum Gasteiger partial charge on any atom is -0.433 e. The van der Waals surface area contributed by atoms with Crippen LogP contribution in [0.15, 0.2) is 35.1 Å². The number of pyridine rings is 1. The quantitative estimate of drug-likeness (QED) is 0.482. The maximum atomic E-state index is 13.7. The van der Waals surface area contributed by atoms with Gasteiger partial charge in [0, 0.05) is 43.1 Å². The number of alkyl halides is 2. The standard InChI is InChI=1S/C25H25F2N5O2/c1-14(2)32-19-12-20(31-8-6-30(3)7-9-31)21(34-25(26)27)11-17(19)23(33)22-16-5-4-15(13-28)10-18(16)29-24(22)32/h4-5,10-12,14,25,29H,6-9H2,1-3H3. The number of piperazine rings is 1. The van der Waals surface area contributed by atoms with Gasteiger partial charge in [-0.2, -0.15) is 14.0 Å². The van der Waals surface area contributed by atoms with E-state index in [1.807, 2.05) is 30.4 Å². The number of halogens is 2. The van der Waals surface area contributed by atoms with Crippen molar-refractivity contribution in [3.05, 3.63) is 46.1 Å². The average molecular weight is 466 g/mol. The molecule has 1 saturated heterocycles. The van der Waals surface area contributed by atoms with E-state index in [0.717, 1.165) is 13.1 Å². The van der Waals surface area contributed by atoms with Crippen LogP contribution in [0.2, 0.25) is 0 Å². The maximum Gasteiger partial charge on any atom is 0.387 e. The van der Waals surface area contributed by atoms with E-state index < -0.39 is 6.61 Å². The second-order valence-electron chi connectivity index (χ2n) is 9.02. The number of hydrogen-bond acceptors (Lipinski definition) is 5. The molecule has 0 saturated carbocycles. The van der Waals surface area contributed by atoms with Crippen molar-refractivity contribution < 1.29 is 13.5 Å². The van der Waals surface area contributed by atoms with E-state index in [9.17, 15) is 18.8 Å². The number of H-pyrrole nitrogens is 1. The van der Waals surface area contributed by atoms with Crippen LogP contribution < -0.4 is 15.1 Å². The van der Waals surface area contributed by atoms with Crippen molar-refractivity contribution >= 4 is 38.5 Å². The molecule has 176 valence electrons. The zero-order chi connectivity index (χ0) is 24.1. The van der Waals surface area contributed by atoms with E-state index in [1.54, 1.807) is 24.3 Å². The summed E-state index contributed by atoms with van der Waals surface area (Å²) in [6, 6.07) is 10.5. The van der Waals surface area contributed by atoms with E-state index in [4.69, 9.17) is 4.74 Å². The molecule has 0 radical (unpaired) electrons. The molecule has 0 aliphatic carbocycles. The van der Waals surface area contributed by atoms with Gasteiger partial charge in [-0.3, -0.25) is 4.79 Å². The molecule has 1 fully saturated rings. The van der Waals surface area contributed by atoms with E-state index in [1.165, 1.54) is 6.07 Å². The van der Waals surface area contributed by atoms with Gasteiger partial charge in [0.1, 0.15) is 11.4 Å². The summed E-state index contributed by atoms with van der Waals surface area (Å²) in [5.41, 5.74) is 2.75. The van der Waals surface area contributed by atoms with Gasteiger partial charge in [-0.15, -0.1) is 0 Å². The first-order valence-corrected chi connectivity index (χ1v) is 11.2. The molecule has 1 N–H and O–H groups in total. The summed E-state index contributed by atoms with van der Waals surface area (Å²) >= 11 is 0. The van der Waals surface area contributed by atoms with E-state index in [0.29, 0.717) is 57.2 Å². The van der Waals surface area contributed by atoms with Crippen molar-refractivity contribution in [2.75, 3.05) is 38.1 Å².